The van der Waals surface area contributed by atoms with Gasteiger partial charge in [-0.1, -0.05) is 0 Å². The maximum absolute atomic E-state index is 14.9. The first-order valence-electron chi connectivity index (χ1n) is 12.7. The lowest BCUT2D eigenvalue weighted by Crippen LogP contribution is -2.34. The van der Waals surface area contributed by atoms with Crippen LogP contribution < -0.4 is 9.64 Å². The predicted octanol–water partition coefficient (Wildman–Crippen LogP) is 4.67. The molecule has 2 atom stereocenters. The van der Waals surface area contributed by atoms with Crippen LogP contribution in [0.4, 0.5) is 14.5 Å². The standard InChI is InChI=1S/C27H31F2N3O5S/c1-27(2,3)38(34,35)26(33)23-14-30-25-7-5-19(16-32(23)25)31-15-18(29)13-22(31)21-12-17(28)4-6-24(21)37-20-8-10-36-11-9-20/h4-7,12,14,16,18,20,22H,8-11,13,15H2,1-3H3. The molecule has 2 aromatic heterocycles. The molecule has 3 aromatic rings. The third-order valence-electron chi connectivity index (χ3n) is 7.12. The molecule has 0 spiro atoms. The molecule has 0 amide bonds. The van der Waals surface area contributed by atoms with E-state index in [4.69, 9.17) is 9.47 Å². The van der Waals surface area contributed by atoms with Gasteiger partial charge in [-0.25, -0.2) is 22.2 Å². The fraction of sp³-hybridized carbons (Fsp3) is 0.481. The summed E-state index contributed by atoms with van der Waals surface area (Å²) < 4.78 is 66.8. The molecule has 2 aliphatic heterocycles. The summed E-state index contributed by atoms with van der Waals surface area (Å²) in [6, 6.07) is 7.13. The van der Waals surface area contributed by atoms with Crippen molar-refractivity contribution in [3.05, 3.63) is 59.8 Å². The lowest BCUT2D eigenvalue weighted by molar-refractivity contribution is 0.0250. The predicted molar refractivity (Wildman–Crippen MR) is 139 cm³/mol. The van der Waals surface area contributed by atoms with Crippen molar-refractivity contribution in [1.29, 1.82) is 0 Å². The third kappa shape index (κ3) is 4.89. The summed E-state index contributed by atoms with van der Waals surface area (Å²) in [5.41, 5.74) is 1.36. The van der Waals surface area contributed by atoms with E-state index < -0.39 is 37.7 Å². The monoisotopic (exact) mass is 547 g/mol. The van der Waals surface area contributed by atoms with Gasteiger partial charge in [-0.05, 0) is 51.1 Å². The van der Waals surface area contributed by atoms with Gasteiger partial charge in [-0.3, -0.25) is 9.20 Å². The van der Waals surface area contributed by atoms with E-state index in [9.17, 15) is 22.0 Å². The molecule has 2 aliphatic rings. The van der Waals surface area contributed by atoms with Gasteiger partial charge < -0.3 is 14.4 Å². The number of halogens is 2. The summed E-state index contributed by atoms with van der Waals surface area (Å²) >= 11 is 0. The molecule has 2 unspecified atom stereocenters. The van der Waals surface area contributed by atoms with Gasteiger partial charge >= 0.3 is 0 Å². The summed E-state index contributed by atoms with van der Waals surface area (Å²) in [6.45, 7) is 5.60. The number of nitrogens with zero attached hydrogens (tertiary/aromatic N) is 3. The van der Waals surface area contributed by atoms with Crippen LogP contribution in [0.15, 0.2) is 42.7 Å². The molecule has 2 fully saturated rings. The second-order valence-electron chi connectivity index (χ2n) is 10.8. The quantitative estimate of drug-likeness (QED) is 0.458. The Labute approximate surface area is 220 Å². The van der Waals surface area contributed by atoms with E-state index >= 15 is 0 Å². The van der Waals surface area contributed by atoms with Gasteiger partial charge in [-0.2, -0.15) is 0 Å². The van der Waals surface area contributed by atoms with E-state index in [0.717, 1.165) is 0 Å². The highest BCUT2D eigenvalue weighted by atomic mass is 32.2. The van der Waals surface area contributed by atoms with Gasteiger partial charge in [0.05, 0.1) is 35.9 Å². The summed E-state index contributed by atoms with van der Waals surface area (Å²) in [5.74, 6) is 0.0464. The highest BCUT2D eigenvalue weighted by Gasteiger charge is 2.39. The van der Waals surface area contributed by atoms with Crippen LogP contribution in [0, 0.1) is 5.82 Å². The topological polar surface area (TPSA) is 90.2 Å². The molecule has 5 rings (SSSR count). The van der Waals surface area contributed by atoms with Gasteiger partial charge in [0, 0.05) is 37.6 Å². The molecule has 2 saturated heterocycles. The van der Waals surface area contributed by atoms with Crippen molar-refractivity contribution in [2.45, 2.75) is 63.1 Å². The first-order chi connectivity index (χ1) is 18.0. The number of fused-ring (bicyclic) bond motifs is 1. The average Bonchev–Trinajstić information content (AvgIpc) is 3.47. The molecular weight excluding hydrogens is 516 g/mol. The zero-order chi connectivity index (χ0) is 27.2. The molecule has 0 bridgehead atoms. The van der Waals surface area contributed by atoms with Crippen LogP contribution in [0.25, 0.3) is 5.65 Å². The van der Waals surface area contributed by atoms with Crippen LogP contribution in [0.5, 0.6) is 5.75 Å². The minimum absolute atomic E-state index is 0.0433. The maximum atomic E-state index is 14.9. The van der Waals surface area contributed by atoms with Crippen LogP contribution in [0.1, 0.15) is 62.1 Å². The molecular formula is C27H31F2N3O5S. The number of imidazole rings is 1. The first-order valence-corrected chi connectivity index (χ1v) is 14.1. The van der Waals surface area contributed by atoms with E-state index in [-0.39, 0.29) is 24.8 Å². The van der Waals surface area contributed by atoms with Crippen molar-refractivity contribution < 1.29 is 31.5 Å². The zero-order valence-corrected chi connectivity index (χ0v) is 22.4. The maximum Gasteiger partial charge on any atom is 0.295 e. The van der Waals surface area contributed by atoms with Crippen molar-refractivity contribution in [3.8, 4) is 5.75 Å². The highest BCUT2D eigenvalue weighted by Crippen LogP contribution is 2.42. The molecule has 11 heteroatoms. The molecule has 4 heterocycles. The van der Waals surface area contributed by atoms with Gasteiger partial charge in [0.25, 0.3) is 5.12 Å². The zero-order valence-electron chi connectivity index (χ0n) is 21.6. The van der Waals surface area contributed by atoms with Crippen molar-refractivity contribution >= 4 is 26.3 Å². The smallest absolute Gasteiger partial charge is 0.295 e. The van der Waals surface area contributed by atoms with Crippen LogP contribution in [-0.2, 0) is 14.6 Å². The number of aromatic nitrogens is 2. The molecule has 0 N–H and O–H groups in total. The highest BCUT2D eigenvalue weighted by molar-refractivity contribution is 8.07. The van der Waals surface area contributed by atoms with E-state index in [2.05, 4.69) is 4.98 Å². The number of rotatable bonds is 5. The number of pyridine rings is 1. The van der Waals surface area contributed by atoms with Gasteiger partial charge in [-0.15, -0.1) is 0 Å². The lowest BCUT2D eigenvalue weighted by Gasteiger charge is -2.30. The number of carbonyl (C=O) groups excluding carboxylic acids is 1. The molecule has 204 valence electrons. The van der Waals surface area contributed by atoms with Gasteiger partial charge in [0.1, 0.15) is 35.2 Å². The third-order valence-corrected chi connectivity index (χ3v) is 9.43. The van der Waals surface area contributed by atoms with E-state index in [1.807, 2.05) is 0 Å². The van der Waals surface area contributed by atoms with Crippen molar-refractivity contribution in [2.75, 3.05) is 24.7 Å². The lowest BCUT2D eigenvalue weighted by atomic mass is 10.0. The molecule has 0 radical (unpaired) electrons. The Kier molecular flexibility index (Phi) is 6.93. The Morgan fingerprint density at radius 2 is 1.89 bits per heavy atom. The van der Waals surface area contributed by atoms with Crippen LogP contribution in [-0.4, -0.2) is 59.7 Å². The van der Waals surface area contributed by atoms with Crippen LogP contribution in [0.3, 0.4) is 0 Å². The Bertz CT molecular complexity index is 1460. The fourth-order valence-electron chi connectivity index (χ4n) is 4.93. The summed E-state index contributed by atoms with van der Waals surface area (Å²) in [5, 5.41) is -1.03. The number of carbonyl (C=O) groups is 1. The number of sulfone groups is 1. The molecule has 8 nitrogen and oxygen atoms in total. The Morgan fingerprint density at radius 3 is 2.61 bits per heavy atom. The second kappa shape index (κ2) is 9.92. The van der Waals surface area contributed by atoms with Gasteiger partial charge in [0.2, 0.25) is 9.84 Å². The number of alkyl halides is 1. The van der Waals surface area contributed by atoms with E-state index in [1.165, 1.54) is 43.5 Å². The number of hydrogen-bond acceptors (Lipinski definition) is 7. The SMILES string of the molecule is CC(C)(C)S(=O)(=O)C(=O)c1cnc2ccc(N3CC(F)CC3c3cc(F)ccc3OC3CCOCC3)cn12. The van der Waals surface area contributed by atoms with Crippen LogP contribution >= 0.6 is 0 Å². The first kappa shape index (κ1) is 26.6. The van der Waals surface area contributed by atoms with Gasteiger partial charge in [0.15, 0.2) is 0 Å². The Balaban J connectivity index is 1.52. The van der Waals surface area contributed by atoms with Crippen LogP contribution in [0.2, 0.25) is 0 Å². The number of hydrogen-bond donors (Lipinski definition) is 0. The minimum Gasteiger partial charge on any atom is -0.490 e. The summed E-state index contributed by atoms with van der Waals surface area (Å²) in [7, 11) is -4.15. The Morgan fingerprint density at radius 1 is 1.16 bits per heavy atom. The largest absolute Gasteiger partial charge is 0.490 e. The Hall–Kier alpha value is -3.05. The molecule has 1 aromatic carbocycles. The number of anilines is 1. The molecule has 0 saturated carbocycles. The van der Waals surface area contributed by atoms with E-state index in [0.29, 0.717) is 48.7 Å². The second-order valence-corrected chi connectivity index (χ2v) is 13.4. The molecule has 38 heavy (non-hydrogen) atoms. The normalized spacial score (nSPS) is 21.2. The number of benzene rings is 1. The minimum atomic E-state index is -4.15. The van der Waals surface area contributed by atoms with Crippen molar-refractivity contribution in [3.63, 3.8) is 0 Å². The fourth-order valence-corrected chi connectivity index (χ4v) is 5.91. The van der Waals surface area contributed by atoms with Crippen molar-refractivity contribution in [1.82, 2.24) is 9.38 Å². The van der Waals surface area contributed by atoms with E-state index in [1.54, 1.807) is 29.3 Å². The molecule has 0 aliphatic carbocycles. The summed E-state index contributed by atoms with van der Waals surface area (Å²) in [6.07, 6.45) is 3.10. The number of ether oxygens (including phenoxy) is 2. The average molecular weight is 548 g/mol. The summed E-state index contributed by atoms with van der Waals surface area (Å²) in [4.78, 5) is 19.0. The van der Waals surface area contributed by atoms with Crippen molar-refractivity contribution in [2.24, 2.45) is 0 Å².